The Balaban J connectivity index is 0.000000174. The Bertz CT molecular complexity index is 2680. The van der Waals surface area contributed by atoms with Crippen molar-refractivity contribution < 1.29 is 18.0 Å². The van der Waals surface area contributed by atoms with Gasteiger partial charge in [-0.1, -0.05) is 55.5 Å². The third-order valence-corrected chi connectivity index (χ3v) is 12.8. The van der Waals surface area contributed by atoms with E-state index in [2.05, 4.69) is 83.2 Å². The standard InChI is InChI=1S/C23H26N6O.C14H15N3O3S.C11H17N3/c1-16-5-3-4-6-19(16)21(30)20-15-25-23(27-22(20)24)26-17-7-9-18(10-8-17)29-13-11-28(2)12-14-29;1-3-21(19,20)14-16-8-11(13(15)17-14)12(18)10-7-5-4-6-9(10)2;1-13-6-8-14(9-7-13)11-4-2-10(12)3-5-11/h3-10,15H,11-14H2,1-2H3,(H3,24,25,26,27);4-8H,3H2,1-2H3,(H2,15,16,17);2-5H,6-9,12H2,1H3. The fourth-order valence-corrected chi connectivity index (χ4v) is 7.82. The lowest BCUT2D eigenvalue weighted by Crippen LogP contribution is -2.44. The van der Waals surface area contributed by atoms with E-state index < -0.39 is 9.84 Å². The van der Waals surface area contributed by atoms with Crippen LogP contribution < -0.4 is 32.3 Å². The maximum atomic E-state index is 12.8. The summed E-state index contributed by atoms with van der Waals surface area (Å²) < 4.78 is 23.4. The predicted octanol–water partition coefficient (Wildman–Crippen LogP) is 5.51. The summed E-state index contributed by atoms with van der Waals surface area (Å²) in [5.74, 6) is -0.238. The molecule has 2 aliphatic heterocycles. The summed E-state index contributed by atoms with van der Waals surface area (Å²) in [5.41, 5.74) is 24.8. The number of nitrogens with one attached hydrogen (secondary N) is 1. The summed E-state index contributed by atoms with van der Waals surface area (Å²) in [6.45, 7) is 13.9. The lowest BCUT2D eigenvalue weighted by atomic mass is 10.0. The molecule has 7 N–H and O–H groups in total. The second-order valence-electron chi connectivity index (χ2n) is 16.0. The highest BCUT2D eigenvalue weighted by Crippen LogP contribution is 2.24. The first-order valence-electron chi connectivity index (χ1n) is 21.4. The van der Waals surface area contributed by atoms with E-state index in [-0.39, 0.29) is 39.7 Å². The minimum Gasteiger partial charge on any atom is -0.399 e. The highest BCUT2D eigenvalue weighted by atomic mass is 32.2. The maximum Gasteiger partial charge on any atom is 0.249 e. The van der Waals surface area contributed by atoms with Crippen molar-refractivity contribution in [3.8, 4) is 0 Å². The minimum absolute atomic E-state index is 0.0966. The van der Waals surface area contributed by atoms with Crippen LogP contribution in [0.4, 0.5) is 40.3 Å². The van der Waals surface area contributed by atoms with Crippen molar-refractivity contribution in [2.24, 2.45) is 0 Å². The molecule has 0 saturated carbocycles. The number of benzene rings is 4. The van der Waals surface area contributed by atoms with E-state index in [1.54, 1.807) is 31.2 Å². The molecule has 0 bridgehead atoms. The first-order chi connectivity index (χ1) is 31.1. The average molecular weight is 899 g/mol. The van der Waals surface area contributed by atoms with Crippen LogP contribution in [-0.4, -0.2) is 122 Å². The number of nitrogens with zero attached hydrogens (tertiary/aromatic N) is 8. The number of anilines is 7. The van der Waals surface area contributed by atoms with Gasteiger partial charge in [-0.05, 0) is 87.6 Å². The number of carbonyl (C=O) groups is 2. The average Bonchev–Trinajstić information content (AvgIpc) is 3.30. The molecule has 6 aromatic rings. The van der Waals surface area contributed by atoms with Gasteiger partial charge in [-0.15, -0.1) is 0 Å². The number of ketones is 2. The van der Waals surface area contributed by atoms with Crippen molar-refractivity contribution in [2.75, 3.05) is 105 Å². The van der Waals surface area contributed by atoms with Gasteiger partial charge in [0.15, 0.2) is 11.6 Å². The molecule has 0 aliphatic carbocycles. The zero-order chi connectivity index (χ0) is 46.7. The summed E-state index contributed by atoms with van der Waals surface area (Å²) >= 11 is 0. The first-order valence-corrected chi connectivity index (χ1v) is 23.1. The zero-order valence-corrected chi connectivity index (χ0v) is 38.4. The van der Waals surface area contributed by atoms with Gasteiger partial charge in [0.25, 0.3) is 0 Å². The Hall–Kier alpha value is -6.95. The topological polar surface area (TPSA) is 223 Å². The van der Waals surface area contributed by atoms with E-state index in [0.29, 0.717) is 22.6 Å². The normalized spacial score (nSPS) is 14.4. The maximum absolute atomic E-state index is 12.8. The number of sulfone groups is 1. The largest absolute Gasteiger partial charge is 0.399 e. The third-order valence-electron chi connectivity index (χ3n) is 11.3. The number of carbonyl (C=O) groups excluding carboxylic acids is 2. The molecule has 65 heavy (non-hydrogen) atoms. The minimum atomic E-state index is -3.55. The molecule has 2 saturated heterocycles. The van der Waals surface area contributed by atoms with Gasteiger partial charge in [-0.2, -0.15) is 4.98 Å². The summed E-state index contributed by atoms with van der Waals surface area (Å²) in [6, 6.07) is 30.8. The van der Waals surface area contributed by atoms with Crippen LogP contribution in [0.15, 0.2) is 115 Å². The lowest BCUT2D eigenvalue weighted by Gasteiger charge is -2.34. The second-order valence-corrected chi connectivity index (χ2v) is 18.2. The number of nitrogens with two attached hydrogens (primary N) is 3. The third kappa shape index (κ3) is 12.4. The summed E-state index contributed by atoms with van der Waals surface area (Å²) in [5, 5.41) is 2.80. The van der Waals surface area contributed by atoms with Crippen LogP contribution in [0, 0.1) is 13.8 Å². The van der Waals surface area contributed by atoms with Crippen LogP contribution in [0.5, 0.6) is 0 Å². The summed E-state index contributed by atoms with van der Waals surface area (Å²) in [7, 11) is 0.766. The number of aryl methyl sites for hydroxylation is 2. The van der Waals surface area contributed by atoms with Crippen LogP contribution in [-0.2, 0) is 9.84 Å². The Morgan fingerprint density at radius 3 is 1.45 bits per heavy atom. The van der Waals surface area contributed by atoms with E-state index in [9.17, 15) is 18.0 Å². The monoisotopic (exact) mass is 898 g/mol. The van der Waals surface area contributed by atoms with E-state index in [4.69, 9.17) is 17.2 Å². The van der Waals surface area contributed by atoms with Gasteiger partial charge in [0.1, 0.15) is 11.6 Å². The molecule has 4 aromatic carbocycles. The van der Waals surface area contributed by atoms with Gasteiger partial charge in [-0.3, -0.25) is 9.59 Å². The number of rotatable bonds is 10. The summed E-state index contributed by atoms with van der Waals surface area (Å²) in [6.07, 6.45) is 2.65. The number of hydrogen-bond donors (Lipinski definition) is 4. The van der Waals surface area contributed by atoms with E-state index in [1.807, 2.05) is 55.5 Å². The van der Waals surface area contributed by atoms with Crippen molar-refractivity contribution in [1.29, 1.82) is 0 Å². The Kier molecular flexibility index (Phi) is 15.8. The molecule has 2 fully saturated rings. The molecule has 8 rings (SSSR count). The van der Waals surface area contributed by atoms with Gasteiger partial charge < -0.3 is 42.1 Å². The van der Waals surface area contributed by atoms with E-state index in [1.165, 1.54) is 30.7 Å². The lowest BCUT2D eigenvalue weighted by molar-refractivity contribution is 0.103. The van der Waals surface area contributed by atoms with Gasteiger partial charge in [0, 0.05) is 98.6 Å². The van der Waals surface area contributed by atoms with Crippen LogP contribution in [0.2, 0.25) is 0 Å². The number of nitrogen functional groups attached to an aromatic ring is 3. The Morgan fingerprint density at radius 2 is 1.02 bits per heavy atom. The smallest absolute Gasteiger partial charge is 0.249 e. The molecule has 0 unspecified atom stereocenters. The molecule has 0 spiro atoms. The molecule has 17 heteroatoms. The van der Waals surface area contributed by atoms with Crippen molar-refractivity contribution in [2.45, 2.75) is 25.9 Å². The van der Waals surface area contributed by atoms with Gasteiger partial charge in [0.2, 0.25) is 20.9 Å². The van der Waals surface area contributed by atoms with Crippen LogP contribution in [0.1, 0.15) is 49.9 Å². The van der Waals surface area contributed by atoms with Crippen molar-refractivity contribution >= 4 is 61.7 Å². The second kappa shape index (κ2) is 21.6. The molecule has 16 nitrogen and oxygen atoms in total. The highest BCUT2D eigenvalue weighted by molar-refractivity contribution is 7.91. The zero-order valence-electron chi connectivity index (χ0n) is 37.6. The van der Waals surface area contributed by atoms with Crippen LogP contribution >= 0.6 is 0 Å². The Labute approximate surface area is 381 Å². The van der Waals surface area contributed by atoms with Gasteiger partial charge >= 0.3 is 0 Å². The van der Waals surface area contributed by atoms with E-state index >= 15 is 0 Å². The quantitative estimate of drug-likeness (QED) is 0.0757. The van der Waals surface area contributed by atoms with Crippen molar-refractivity contribution in [3.05, 3.63) is 143 Å². The number of hydrogen-bond acceptors (Lipinski definition) is 16. The van der Waals surface area contributed by atoms with Crippen molar-refractivity contribution in [1.82, 2.24) is 29.7 Å². The molecule has 2 aromatic heterocycles. The van der Waals surface area contributed by atoms with Crippen molar-refractivity contribution in [3.63, 3.8) is 0 Å². The molecule has 4 heterocycles. The predicted molar refractivity (Wildman–Crippen MR) is 260 cm³/mol. The summed E-state index contributed by atoms with van der Waals surface area (Å²) in [4.78, 5) is 50.7. The van der Waals surface area contributed by atoms with E-state index in [0.717, 1.165) is 74.9 Å². The fourth-order valence-electron chi connectivity index (χ4n) is 7.11. The highest BCUT2D eigenvalue weighted by Gasteiger charge is 2.22. The van der Waals surface area contributed by atoms with Crippen LogP contribution in [0.3, 0.4) is 0 Å². The molecule has 0 radical (unpaired) electrons. The molecule has 2 aliphatic rings. The SMILES string of the molecule is CCS(=O)(=O)c1ncc(C(=O)c2ccccc2C)c(N)n1.CN1CCN(c2ccc(N)cc2)CC1.Cc1ccccc1C(=O)c1cnc(Nc2ccc(N3CCN(C)CC3)cc2)nc1N. The molecular formula is C48H58N12O4S. The van der Waals surface area contributed by atoms with Gasteiger partial charge in [-0.25, -0.2) is 23.4 Å². The van der Waals surface area contributed by atoms with Crippen LogP contribution in [0.25, 0.3) is 0 Å². The molecule has 0 amide bonds. The number of piperazine rings is 2. The Morgan fingerprint density at radius 1 is 0.585 bits per heavy atom. The number of aromatic nitrogens is 4. The molecular weight excluding hydrogens is 841 g/mol. The fraction of sp³-hybridized carbons (Fsp3) is 0.292. The number of likely N-dealkylation sites (N-methyl/N-ethyl adjacent to an activating group) is 2. The molecule has 340 valence electrons. The molecule has 0 atom stereocenters. The van der Waals surface area contributed by atoms with Gasteiger partial charge in [0.05, 0.1) is 16.9 Å². The first kappa shape index (κ1) is 47.5.